The van der Waals surface area contributed by atoms with E-state index in [1.807, 2.05) is 0 Å². The summed E-state index contributed by atoms with van der Waals surface area (Å²) < 4.78 is 0. The molecule has 1 saturated carbocycles. The lowest BCUT2D eigenvalue weighted by atomic mass is 9.83. The predicted molar refractivity (Wildman–Crippen MR) is 60.7 cm³/mol. The van der Waals surface area contributed by atoms with Gasteiger partial charge in [-0.2, -0.15) is 0 Å². The summed E-state index contributed by atoms with van der Waals surface area (Å²) in [5.41, 5.74) is 0. The fraction of sp³-hybridized carbons (Fsp3) is 1.00. The highest BCUT2D eigenvalue weighted by Crippen LogP contribution is 2.29. The molecule has 78 valence electrons. The second-order valence-corrected chi connectivity index (χ2v) is 4.79. The van der Waals surface area contributed by atoms with E-state index in [0.717, 1.165) is 17.7 Å². The quantitative estimate of drug-likeness (QED) is 0.620. The maximum atomic E-state index is 5.91. The second-order valence-electron chi connectivity index (χ2n) is 4.17. The minimum atomic E-state index is 0.557. The lowest BCUT2D eigenvalue weighted by Gasteiger charge is -2.25. The Morgan fingerprint density at radius 2 is 1.31 bits per heavy atom. The summed E-state index contributed by atoms with van der Waals surface area (Å²) in [4.78, 5) is 0. The highest BCUT2D eigenvalue weighted by atomic mass is 35.5. The van der Waals surface area contributed by atoms with Crippen LogP contribution in [-0.2, 0) is 0 Å². The Labute approximate surface area is 92.0 Å². The van der Waals surface area contributed by atoms with Crippen molar-refractivity contribution in [2.75, 3.05) is 11.8 Å². The van der Waals surface area contributed by atoms with Gasteiger partial charge < -0.3 is 0 Å². The molecule has 1 rings (SSSR count). The average Bonchev–Trinajstić information content (AvgIpc) is 2.09. The van der Waals surface area contributed by atoms with Gasteiger partial charge in [-0.25, -0.2) is 0 Å². The largest absolute Gasteiger partial charge is 0.126 e. The maximum Gasteiger partial charge on any atom is 0.0265 e. The third-order valence-electron chi connectivity index (χ3n) is 3.21. The van der Waals surface area contributed by atoms with Gasteiger partial charge >= 0.3 is 0 Å². The van der Waals surface area contributed by atoms with Crippen LogP contribution in [0, 0.1) is 11.8 Å². The number of hydrogen-bond donors (Lipinski definition) is 0. The summed E-state index contributed by atoms with van der Waals surface area (Å²) in [6.07, 6.45) is 9.72. The third-order valence-corrected chi connectivity index (χ3v) is 4.01. The van der Waals surface area contributed by atoms with Gasteiger partial charge in [0.1, 0.15) is 0 Å². The normalized spacial score (nSPS) is 21.5. The number of alkyl halides is 2. The van der Waals surface area contributed by atoms with E-state index in [1.165, 1.54) is 44.9 Å². The third kappa shape index (κ3) is 4.08. The monoisotopic (exact) mass is 222 g/mol. The summed E-state index contributed by atoms with van der Waals surface area (Å²) in [5, 5.41) is 0. The van der Waals surface area contributed by atoms with Crippen LogP contribution in [0.1, 0.15) is 44.9 Å². The van der Waals surface area contributed by atoms with Crippen molar-refractivity contribution in [3.05, 3.63) is 0 Å². The fourth-order valence-corrected chi connectivity index (χ4v) is 3.09. The molecule has 0 aromatic carbocycles. The summed E-state index contributed by atoms with van der Waals surface area (Å²) in [5.74, 6) is 2.85. The van der Waals surface area contributed by atoms with Crippen molar-refractivity contribution in [1.29, 1.82) is 0 Å². The van der Waals surface area contributed by atoms with Crippen LogP contribution in [0.2, 0.25) is 0 Å². The lowest BCUT2D eigenvalue weighted by Crippen LogP contribution is -2.19. The molecule has 1 aliphatic carbocycles. The van der Waals surface area contributed by atoms with Gasteiger partial charge in [0.25, 0.3) is 0 Å². The van der Waals surface area contributed by atoms with E-state index < -0.39 is 0 Å². The number of rotatable bonds is 3. The zero-order valence-electron chi connectivity index (χ0n) is 8.27. The van der Waals surface area contributed by atoms with E-state index in [0.29, 0.717) is 5.92 Å². The molecule has 0 N–H and O–H groups in total. The first kappa shape index (κ1) is 11.7. The molecule has 2 heteroatoms. The molecule has 0 heterocycles. The first-order chi connectivity index (χ1) is 6.38. The minimum Gasteiger partial charge on any atom is -0.126 e. The molecule has 0 amide bonds. The summed E-state index contributed by atoms with van der Waals surface area (Å²) in [6.45, 7) is 0. The van der Waals surface area contributed by atoms with Gasteiger partial charge in [0.05, 0.1) is 0 Å². The van der Waals surface area contributed by atoms with Crippen molar-refractivity contribution in [3.63, 3.8) is 0 Å². The first-order valence-electron chi connectivity index (χ1n) is 5.50. The Morgan fingerprint density at radius 3 is 1.77 bits per heavy atom. The Morgan fingerprint density at radius 1 is 0.846 bits per heavy atom. The van der Waals surface area contributed by atoms with Crippen LogP contribution in [0.15, 0.2) is 0 Å². The SMILES string of the molecule is ClCC(CCl)C1CCCCCCC1. The second kappa shape index (κ2) is 6.95. The number of halogens is 2. The molecule has 0 nitrogen and oxygen atoms in total. The van der Waals surface area contributed by atoms with Gasteiger partial charge in [0, 0.05) is 11.8 Å². The molecule has 0 aromatic heterocycles. The first-order valence-corrected chi connectivity index (χ1v) is 6.57. The predicted octanol–water partition coefficient (Wildman–Crippen LogP) is 4.44. The van der Waals surface area contributed by atoms with Crippen molar-refractivity contribution < 1.29 is 0 Å². The van der Waals surface area contributed by atoms with Gasteiger partial charge in [-0.3, -0.25) is 0 Å². The molecule has 1 fully saturated rings. The van der Waals surface area contributed by atoms with Gasteiger partial charge in [-0.1, -0.05) is 44.9 Å². The highest BCUT2D eigenvalue weighted by Gasteiger charge is 2.20. The smallest absolute Gasteiger partial charge is 0.0265 e. The van der Waals surface area contributed by atoms with Crippen molar-refractivity contribution >= 4 is 23.2 Å². The molecule has 0 spiro atoms. The van der Waals surface area contributed by atoms with Crippen molar-refractivity contribution in [3.8, 4) is 0 Å². The molecule has 13 heavy (non-hydrogen) atoms. The van der Waals surface area contributed by atoms with E-state index >= 15 is 0 Å². The molecule has 0 unspecified atom stereocenters. The Balaban J connectivity index is 2.35. The van der Waals surface area contributed by atoms with Crippen LogP contribution in [-0.4, -0.2) is 11.8 Å². The zero-order valence-corrected chi connectivity index (χ0v) is 9.79. The fourth-order valence-electron chi connectivity index (χ4n) is 2.25. The highest BCUT2D eigenvalue weighted by molar-refractivity contribution is 6.20. The van der Waals surface area contributed by atoms with E-state index in [9.17, 15) is 0 Å². The molecule has 0 bridgehead atoms. The molecule has 0 radical (unpaired) electrons. The molecule has 0 aliphatic heterocycles. The topological polar surface area (TPSA) is 0 Å². The summed E-state index contributed by atoms with van der Waals surface area (Å²) in [7, 11) is 0. The molecule has 1 aliphatic rings. The maximum absolute atomic E-state index is 5.91. The zero-order chi connectivity index (χ0) is 9.52. The van der Waals surface area contributed by atoms with Gasteiger partial charge in [0.2, 0.25) is 0 Å². The average molecular weight is 223 g/mol. The molecular weight excluding hydrogens is 203 g/mol. The Bertz CT molecular complexity index is 113. The Kier molecular flexibility index (Phi) is 6.23. The van der Waals surface area contributed by atoms with Crippen LogP contribution in [0.5, 0.6) is 0 Å². The van der Waals surface area contributed by atoms with E-state index in [1.54, 1.807) is 0 Å². The van der Waals surface area contributed by atoms with Crippen molar-refractivity contribution in [2.24, 2.45) is 11.8 Å². The molecule has 0 aromatic rings. The summed E-state index contributed by atoms with van der Waals surface area (Å²) >= 11 is 11.8. The summed E-state index contributed by atoms with van der Waals surface area (Å²) in [6, 6.07) is 0. The van der Waals surface area contributed by atoms with Crippen molar-refractivity contribution in [1.82, 2.24) is 0 Å². The van der Waals surface area contributed by atoms with Crippen LogP contribution in [0.3, 0.4) is 0 Å². The van der Waals surface area contributed by atoms with Crippen LogP contribution in [0.25, 0.3) is 0 Å². The lowest BCUT2D eigenvalue weighted by molar-refractivity contribution is 0.303. The van der Waals surface area contributed by atoms with Gasteiger partial charge in [-0.15, -0.1) is 23.2 Å². The molecular formula is C11H20Cl2. The van der Waals surface area contributed by atoms with E-state index in [2.05, 4.69) is 0 Å². The van der Waals surface area contributed by atoms with Gasteiger partial charge in [-0.05, 0) is 11.8 Å². The van der Waals surface area contributed by atoms with E-state index in [4.69, 9.17) is 23.2 Å². The van der Waals surface area contributed by atoms with Crippen LogP contribution >= 0.6 is 23.2 Å². The van der Waals surface area contributed by atoms with E-state index in [-0.39, 0.29) is 0 Å². The molecule has 0 atom stereocenters. The standard InChI is InChI=1S/C11H20Cl2/c12-8-11(9-13)10-6-4-2-1-3-5-7-10/h10-11H,1-9H2. The van der Waals surface area contributed by atoms with Crippen LogP contribution < -0.4 is 0 Å². The van der Waals surface area contributed by atoms with Crippen molar-refractivity contribution in [2.45, 2.75) is 44.9 Å². The Hall–Kier alpha value is 0.580. The van der Waals surface area contributed by atoms with Crippen LogP contribution in [0.4, 0.5) is 0 Å². The minimum absolute atomic E-state index is 0.557. The van der Waals surface area contributed by atoms with Gasteiger partial charge in [0.15, 0.2) is 0 Å². The number of hydrogen-bond acceptors (Lipinski definition) is 0. The molecule has 0 saturated heterocycles.